The molecule has 0 fully saturated rings. The fourth-order valence-corrected chi connectivity index (χ4v) is 4.12. The Morgan fingerprint density at radius 1 is 1.18 bits per heavy atom. The van der Waals surface area contributed by atoms with Gasteiger partial charge in [0.1, 0.15) is 11.5 Å². The third-order valence-electron chi connectivity index (χ3n) is 5.36. The van der Waals surface area contributed by atoms with Crippen LogP contribution in [0.25, 0.3) is 22.6 Å². The van der Waals surface area contributed by atoms with Gasteiger partial charge in [0.25, 0.3) is 5.91 Å². The maximum atomic E-state index is 14.5. The molecular weight excluding hydrogens is 448 g/mol. The lowest BCUT2D eigenvalue weighted by atomic mass is 10.0. The molecule has 1 amide bonds. The van der Waals surface area contributed by atoms with E-state index in [1.165, 1.54) is 17.4 Å². The molecule has 4 aromatic heterocycles. The van der Waals surface area contributed by atoms with Gasteiger partial charge in [-0.3, -0.25) is 9.89 Å². The van der Waals surface area contributed by atoms with Crippen molar-refractivity contribution in [1.29, 1.82) is 0 Å². The molecule has 1 unspecified atom stereocenters. The number of amides is 1. The first-order valence-corrected chi connectivity index (χ1v) is 11.5. The number of pyridine rings is 1. The number of fused-ring (bicyclic) bond motifs is 1. The van der Waals surface area contributed by atoms with Crippen molar-refractivity contribution < 1.29 is 13.6 Å². The summed E-state index contributed by atoms with van der Waals surface area (Å²) in [6.45, 7) is 3.97. The van der Waals surface area contributed by atoms with Crippen LogP contribution < -0.4 is 10.6 Å². The van der Waals surface area contributed by atoms with Crippen molar-refractivity contribution in [3.8, 4) is 11.5 Å². The van der Waals surface area contributed by atoms with Gasteiger partial charge in [-0.15, -0.1) is 0 Å². The molecule has 0 aliphatic carbocycles. The van der Waals surface area contributed by atoms with Gasteiger partial charge in [-0.05, 0) is 36.8 Å². The molecule has 8 nitrogen and oxygen atoms in total. The molecular formula is C22H23F2N7OS. The zero-order valence-corrected chi connectivity index (χ0v) is 18.9. The zero-order valence-electron chi connectivity index (χ0n) is 18.1. The van der Waals surface area contributed by atoms with Crippen LogP contribution in [-0.4, -0.2) is 43.1 Å². The number of H-pyrrole nitrogens is 1. The Balaban J connectivity index is 1.52. The fourth-order valence-electron chi connectivity index (χ4n) is 3.49. The van der Waals surface area contributed by atoms with Crippen molar-refractivity contribution in [3.05, 3.63) is 52.5 Å². The van der Waals surface area contributed by atoms with Crippen molar-refractivity contribution in [3.63, 3.8) is 0 Å². The van der Waals surface area contributed by atoms with Gasteiger partial charge < -0.3 is 10.6 Å². The lowest BCUT2D eigenvalue weighted by Gasteiger charge is -2.24. The maximum absolute atomic E-state index is 14.5. The Labute approximate surface area is 192 Å². The largest absolute Gasteiger partial charge is 0.365 e. The van der Waals surface area contributed by atoms with Crippen LogP contribution >= 0.6 is 11.3 Å². The van der Waals surface area contributed by atoms with E-state index < -0.39 is 11.6 Å². The average molecular weight is 472 g/mol. The first-order valence-electron chi connectivity index (χ1n) is 10.6. The number of thiophene rings is 1. The molecule has 2 atom stereocenters. The topological polar surface area (TPSA) is 108 Å². The number of anilines is 1. The zero-order chi connectivity index (χ0) is 23.4. The predicted molar refractivity (Wildman–Crippen MR) is 123 cm³/mol. The number of rotatable bonds is 9. The van der Waals surface area contributed by atoms with Gasteiger partial charge in [-0.1, -0.05) is 13.8 Å². The Morgan fingerprint density at radius 2 is 2.00 bits per heavy atom. The molecule has 0 spiro atoms. The summed E-state index contributed by atoms with van der Waals surface area (Å²) in [4.78, 5) is 24.7. The monoisotopic (exact) mass is 471 g/mol. The lowest BCUT2D eigenvalue weighted by Crippen LogP contribution is -2.38. The quantitative estimate of drug-likeness (QED) is 0.331. The number of halogens is 2. The summed E-state index contributed by atoms with van der Waals surface area (Å²) in [6.07, 6.45) is 4.13. The van der Waals surface area contributed by atoms with E-state index in [4.69, 9.17) is 0 Å². The summed E-state index contributed by atoms with van der Waals surface area (Å²) in [5.74, 6) is -1.06. The average Bonchev–Trinajstić information content (AvgIpc) is 3.49. The van der Waals surface area contributed by atoms with Crippen molar-refractivity contribution in [2.45, 2.75) is 45.2 Å². The van der Waals surface area contributed by atoms with Crippen LogP contribution in [-0.2, 0) is 0 Å². The molecule has 0 aromatic carbocycles. The number of carbonyl (C=O) groups is 1. The summed E-state index contributed by atoms with van der Waals surface area (Å²) < 4.78 is 28.2. The van der Waals surface area contributed by atoms with Crippen LogP contribution in [0.5, 0.6) is 0 Å². The van der Waals surface area contributed by atoms with Crippen LogP contribution in [0.4, 0.5) is 14.6 Å². The van der Waals surface area contributed by atoms with Crippen LogP contribution in [0.15, 0.2) is 35.3 Å². The third-order valence-corrected chi connectivity index (χ3v) is 6.04. The van der Waals surface area contributed by atoms with Gasteiger partial charge >= 0.3 is 0 Å². The van der Waals surface area contributed by atoms with E-state index in [0.29, 0.717) is 35.1 Å². The first-order chi connectivity index (χ1) is 16.0. The highest BCUT2D eigenvalue weighted by Gasteiger charge is 2.20. The minimum Gasteiger partial charge on any atom is -0.365 e. The van der Waals surface area contributed by atoms with Gasteiger partial charge in [0.15, 0.2) is 23.1 Å². The van der Waals surface area contributed by atoms with Crippen molar-refractivity contribution in [2.24, 2.45) is 0 Å². The van der Waals surface area contributed by atoms with Crippen molar-refractivity contribution in [1.82, 2.24) is 30.5 Å². The highest BCUT2D eigenvalue weighted by Crippen LogP contribution is 2.25. The van der Waals surface area contributed by atoms with Gasteiger partial charge in [0.2, 0.25) is 0 Å². The fraction of sp³-hybridized carbons (Fsp3) is 0.318. The number of hydrogen-bond donors (Lipinski definition) is 3. The summed E-state index contributed by atoms with van der Waals surface area (Å²) in [5.41, 5.74) is 1.29. The number of hydrogen-bond acceptors (Lipinski definition) is 7. The molecule has 0 bridgehead atoms. The van der Waals surface area contributed by atoms with E-state index in [1.807, 2.05) is 19.2 Å². The molecule has 0 saturated heterocycles. The molecule has 33 heavy (non-hydrogen) atoms. The summed E-state index contributed by atoms with van der Waals surface area (Å²) in [6, 6.07) is 2.82. The van der Waals surface area contributed by atoms with Gasteiger partial charge in [0.05, 0.1) is 17.8 Å². The Kier molecular flexibility index (Phi) is 6.87. The first kappa shape index (κ1) is 22.7. The minimum atomic E-state index is -0.610. The predicted octanol–water partition coefficient (Wildman–Crippen LogP) is 4.54. The molecule has 0 radical (unpaired) electrons. The van der Waals surface area contributed by atoms with Crippen molar-refractivity contribution >= 4 is 34.1 Å². The van der Waals surface area contributed by atoms with E-state index in [1.54, 1.807) is 11.4 Å². The second-order valence-corrected chi connectivity index (χ2v) is 8.37. The van der Waals surface area contributed by atoms with E-state index in [9.17, 15) is 13.6 Å². The Hall–Kier alpha value is -3.47. The smallest absolute Gasteiger partial charge is 0.252 e. The van der Waals surface area contributed by atoms with Crippen molar-refractivity contribution in [2.75, 3.05) is 5.32 Å². The standard InChI is InChI=1S/C22H23F2N7OS/c1-3-14(8-15(4-2)28-22(32)12-5-6-33-11-12)27-20-17(24)10-26-21(29-20)18-16-7-13(23)9-25-19(16)31-30-18/h5-7,9-11,14-15H,3-4,8H2,1-2H3,(H,28,32)(H,25,30,31)(H,26,27,29)/t14?,15-/m1/s1. The molecule has 0 aliphatic rings. The van der Waals surface area contributed by atoms with Crippen LogP contribution in [0.3, 0.4) is 0 Å². The van der Waals surface area contributed by atoms with Gasteiger partial charge in [0, 0.05) is 23.0 Å². The number of nitrogens with one attached hydrogen (secondary N) is 3. The second kappa shape index (κ2) is 9.99. The van der Waals surface area contributed by atoms with E-state index in [0.717, 1.165) is 18.8 Å². The minimum absolute atomic E-state index is 0.0259. The summed E-state index contributed by atoms with van der Waals surface area (Å²) >= 11 is 1.47. The number of aromatic nitrogens is 5. The molecule has 4 aromatic rings. The summed E-state index contributed by atoms with van der Waals surface area (Å²) in [7, 11) is 0. The van der Waals surface area contributed by atoms with E-state index >= 15 is 0 Å². The molecule has 4 heterocycles. The highest BCUT2D eigenvalue weighted by molar-refractivity contribution is 7.08. The molecule has 4 rings (SSSR count). The number of aromatic amines is 1. The molecule has 3 N–H and O–H groups in total. The number of carbonyl (C=O) groups excluding carboxylic acids is 1. The maximum Gasteiger partial charge on any atom is 0.252 e. The molecule has 11 heteroatoms. The third kappa shape index (κ3) is 5.14. The van der Waals surface area contributed by atoms with Crippen LogP contribution in [0, 0.1) is 11.6 Å². The Morgan fingerprint density at radius 3 is 2.73 bits per heavy atom. The lowest BCUT2D eigenvalue weighted by molar-refractivity contribution is 0.0933. The van der Waals surface area contributed by atoms with Gasteiger partial charge in [-0.2, -0.15) is 16.4 Å². The van der Waals surface area contributed by atoms with E-state index in [2.05, 4.69) is 35.8 Å². The van der Waals surface area contributed by atoms with Gasteiger partial charge in [-0.25, -0.2) is 23.7 Å². The normalized spacial score (nSPS) is 13.1. The molecule has 172 valence electrons. The van der Waals surface area contributed by atoms with Crippen LogP contribution in [0.2, 0.25) is 0 Å². The second-order valence-electron chi connectivity index (χ2n) is 7.59. The molecule has 0 aliphatic heterocycles. The van der Waals surface area contributed by atoms with Crippen LogP contribution in [0.1, 0.15) is 43.5 Å². The Bertz CT molecular complexity index is 1250. The summed E-state index contributed by atoms with van der Waals surface area (Å²) in [5, 5.41) is 17.0. The molecule has 0 saturated carbocycles. The highest BCUT2D eigenvalue weighted by atomic mass is 32.1. The SMILES string of the molecule is CCC(C[C@@H](CC)NC(=O)c1ccsc1)Nc1nc(-c2[nH]nc3ncc(F)cc23)ncc1F. The number of nitrogens with zero attached hydrogens (tertiary/aromatic N) is 4. The van der Waals surface area contributed by atoms with E-state index in [-0.39, 0.29) is 29.6 Å².